The van der Waals surface area contributed by atoms with Gasteiger partial charge in [0.25, 0.3) is 5.91 Å². The second-order valence-corrected chi connectivity index (χ2v) is 8.94. The maximum absolute atomic E-state index is 12.9. The van der Waals surface area contributed by atoms with Gasteiger partial charge in [0.2, 0.25) is 5.76 Å². The number of carbonyl (C=O) groups is 1. The monoisotopic (exact) mass is 356 g/mol. The fourth-order valence-electron chi connectivity index (χ4n) is 4.45. The molecule has 0 spiro atoms. The molecule has 2 bridgehead atoms. The number of nitrogens with zero attached hydrogens (tertiary/aromatic N) is 1. The third-order valence-corrected chi connectivity index (χ3v) is 7.35. The Labute approximate surface area is 152 Å². The van der Waals surface area contributed by atoms with Crippen LogP contribution < -0.4 is 5.32 Å². The Hall–Kier alpha value is -1.75. The van der Waals surface area contributed by atoms with E-state index < -0.39 is 0 Å². The highest BCUT2D eigenvalue weighted by Crippen LogP contribution is 2.59. The van der Waals surface area contributed by atoms with Crippen molar-refractivity contribution in [1.82, 2.24) is 10.5 Å². The lowest BCUT2D eigenvalue weighted by Gasteiger charge is -2.60. The zero-order valence-corrected chi connectivity index (χ0v) is 15.7. The lowest BCUT2D eigenvalue weighted by Crippen LogP contribution is -2.59. The molecular weight excluding hydrogens is 332 g/mol. The molecule has 1 amide bonds. The van der Waals surface area contributed by atoms with Crippen molar-refractivity contribution in [2.24, 2.45) is 17.3 Å². The Morgan fingerprint density at radius 3 is 2.72 bits per heavy atom. The van der Waals surface area contributed by atoms with Gasteiger partial charge in [0, 0.05) is 10.9 Å². The Balaban J connectivity index is 1.51. The molecule has 4 nitrogen and oxygen atoms in total. The van der Waals surface area contributed by atoms with Crippen molar-refractivity contribution in [3.63, 3.8) is 0 Å². The summed E-state index contributed by atoms with van der Waals surface area (Å²) in [5.74, 6) is 1.60. The number of hydrogen-bond donors (Lipinski definition) is 1. The Bertz CT molecular complexity index is 782. The molecule has 1 aromatic heterocycles. The van der Waals surface area contributed by atoms with Gasteiger partial charge in [-0.05, 0) is 55.6 Å². The molecule has 132 valence electrons. The molecule has 25 heavy (non-hydrogen) atoms. The number of hydrogen-bond acceptors (Lipinski definition) is 4. The first-order valence-electron chi connectivity index (χ1n) is 8.97. The Morgan fingerprint density at radius 1 is 1.28 bits per heavy atom. The first-order chi connectivity index (χ1) is 12.0. The van der Waals surface area contributed by atoms with Crippen LogP contribution in [0.2, 0.25) is 0 Å². The second kappa shape index (κ2) is 6.20. The molecule has 3 aliphatic rings. The predicted molar refractivity (Wildman–Crippen MR) is 97.7 cm³/mol. The van der Waals surface area contributed by atoms with Gasteiger partial charge in [-0.15, -0.1) is 0 Å². The number of rotatable bonds is 4. The van der Waals surface area contributed by atoms with Gasteiger partial charge in [0.05, 0.1) is 10.6 Å². The molecular formula is C20H24N2O2S. The van der Waals surface area contributed by atoms with Crippen molar-refractivity contribution in [2.45, 2.75) is 55.9 Å². The summed E-state index contributed by atoms with van der Waals surface area (Å²) in [5, 5.41) is 7.26. The van der Waals surface area contributed by atoms with Crippen molar-refractivity contribution in [3.8, 4) is 0 Å². The van der Waals surface area contributed by atoms with Gasteiger partial charge in [-0.2, -0.15) is 0 Å². The summed E-state index contributed by atoms with van der Waals surface area (Å²) >= 11 is 1.53. The summed E-state index contributed by atoms with van der Waals surface area (Å²) < 4.78 is 5.39. The quantitative estimate of drug-likeness (QED) is 0.863. The Kier molecular flexibility index (Phi) is 4.14. The van der Waals surface area contributed by atoms with Crippen LogP contribution in [-0.4, -0.2) is 17.1 Å². The van der Waals surface area contributed by atoms with Crippen molar-refractivity contribution < 1.29 is 9.32 Å². The van der Waals surface area contributed by atoms with Crippen LogP contribution in [-0.2, 0) is 0 Å². The average Bonchev–Trinajstić information content (AvgIpc) is 2.96. The van der Waals surface area contributed by atoms with E-state index in [4.69, 9.17) is 4.52 Å². The van der Waals surface area contributed by atoms with Crippen LogP contribution >= 0.6 is 11.8 Å². The van der Waals surface area contributed by atoms with Crippen LogP contribution in [0.1, 0.15) is 49.4 Å². The first kappa shape index (κ1) is 16.7. The minimum Gasteiger partial charge on any atom is -0.350 e. The summed E-state index contributed by atoms with van der Waals surface area (Å²) in [7, 11) is 0. The third kappa shape index (κ3) is 2.88. The number of aryl methyl sites for hydroxylation is 1. The van der Waals surface area contributed by atoms with Crippen LogP contribution in [0.25, 0.3) is 0 Å². The zero-order valence-electron chi connectivity index (χ0n) is 14.9. The fourth-order valence-corrected chi connectivity index (χ4v) is 5.39. The van der Waals surface area contributed by atoms with Crippen LogP contribution in [0.5, 0.6) is 0 Å². The molecule has 1 aromatic carbocycles. The van der Waals surface area contributed by atoms with Crippen LogP contribution in [0.3, 0.4) is 0 Å². The molecule has 5 heteroatoms. The van der Waals surface area contributed by atoms with Crippen molar-refractivity contribution in [2.75, 3.05) is 0 Å². The summed E-state index contributed by atoms with van der Waals surface area (Å²) in [4.78, 5) is 14.7. The summed E-state index contributed by atoms with van der Waals surface area (Å²) in [6.45, 7) is 6.55. The van der Waals surface area contributed by atoms with E-state index in [1.165, 1.54) is 24.6 Å². The maximum Gasteiger partial charge on any atom is 0.291 e. The van der Waals surface area contributed by atoms with Gasteiger partial charge in [-0.1, -0.05) is 49.0 Å². The second-order valence-electron chi connectivity index (χ2n) is 7.86. The maximum atomic E-state index is 12.9. The number of aromatic nitrogens is 1. The lowest BCUT2D eigenvalue weighted by molar-refractivity contribution is -0.0845. The molecule has 3 saturated carbocycles. The highest BCUT2D eigenvalue weighted by atomic mass is 32.2. The van der Waals surface area contributed by atoms with Gasteiger partial charge < -0.3 is 9.84 Å². The highest BCUT2D eigenvalue weighted by molar-refractivity contribution is 7.99. The smallest absolute Gasteiger partial charge is 0.291 e. The van der Waals surface area contributed by atoms with Gasteiger partial charge in [-0.3, -0.25) is 4.79 Å². The number of fused-ring (bicyclic) bond motifs is 2. The lowest BCUT2D eigenvalue weighted by atomic mass is 9.47. The number of nitrogens with one attached hydrogen (secondary N) is 1. The van der Waals surface area contributed by atoms with Gasteiger partial charge in [-0.25, -0.2) is 0 Å². The van der Waals surface area contributed by atoms with E-state index >= 15 is 0 Å². The first-order valence-corrected chi connectivity index (χ1v) is 9.78. The minimum atomic E-state index is -0.134. The predicted octanol–water partition coefficient (Wildman–Crippen LogP) is 4.69. The van der Waals surface area contributed by atoms with Crippen molar-refractivity contribution in [3.05, 3.63) is 41.8 Å². The molecule has 0 radical (unpaired) electrons. The van der Waals surface area contributed by atoms with E-state index in [0.29, 0.717) is 17.1 Å². The molecule has 5 rings (SSSR count). The van der Waals surface area contributed by atoms with Gasteiger partial charge >= 0.3 is 0 Å². The Morgan fingerprint density at radius 2 is 2.04 bits per heavy atom. The van der Waals surface area contributed by atoms with E-state index in [1.807, 2.05) is 37.3 Å². The number of amides is 1. The molecule has 1 heterocycles. The topological polar surface area (TPSA) is 55.1 Å². The van der Waals surface area contributed by atoms with Gasteiger partial charge in [0.1, 0.15) is 0 Å². The standard InChI is InChI=1S/C20H24N2O2S/c1-12-18(25-14-7-5-4-6-8-14)17(24-22-12)19(23)21-16-10-9-13-11-15(16)20(13,2)3/h4-8,13,15-16H,9-11H2,1-3H3,(H,21,23)/t13?,15?,16-/m1/s1. The average molecular weight is 356 g/mol. The van der Waals surface area contributed by atoms with E-state index in [1.54, 1.807) is 0 Å². The molecule has 0 saturated heterocycles. The van der Waals surface area contributed by atoms with Crippen LogP contribution in [0.15, 0.2) is 44.6 Å². The summed E-state index contributed by atoms with van der Waals surface area (Å²) in [5.41, 5.74) is 1.10. The highest BCUT2D eigenvalue weighted by Gasteiger charge is 2.54. The SMILES string of the molecule is Cc1noc(C(=O)N[C@@H]2CCC3CC2C3(C)C)c1Sc1ccccc1. The number of carbonyl (C=O) groups excluding carboxylic acids is 1. The van der Waals surface area contributed by atoms with E-state index in [-0.39, 0.29) is 11.9 Å². The largest absolute Gasteiger partial charge is 0.350 e. The van der Waals surface area contributed by atoms with E-state index in [9.17, 15) is 4.79 Å². The summed E-state index contributed by atoms with van der Waals surface area (Å²) in [6, 6.07) is 10.2. The van der Waals surface area contributed by atoms with Crippen LogP contribution in [0.4, 0.5) is 0 Å². The molecule has 2 unspecified atom stereocenters. The molecule has 3 aliphatic carbocycles. The van der Waals surface area contributed by atoms with Crippen molar-refractivity contribution in [1.29, 1.82) is 0 Å². The summed E-state index contributed by atoms with van der Waals surface area (Å²) in [6.07, 6.45) is 3.51. The zero-order chi connectivity index (χ0) is 17.6. The molecule has 2 aromatic rings. The van der Waals surface area contributed by atoms with Crippen LogP contribution in [0, 0.1) is 24.2 Å². The number of benzene rings is 1. The minimum absolute atomic E-state index is 0.134. The molecule has 3 fully saturated rings. The molecule has 0 aliphatic heterocycles. The normalized spacial score (nSPS) is 26.8. The van der Waals surface area contributed by atoms with Crippen molar-refractivity contribution >= 4 is 17.7 Å². The molecule has 3 atom stereocenters. The fraction of sp³-hybridized carbons (Fsp3) is 0.500. The van der Waals surface area contributed by atoms with E-state index in [2.05, 4.69) is 24.3 Å². The third-order valence-electron chi connectivity index (χ3n) is 6.15. The molecule has 1 N–H and O–H groups in total. The van der Waals surface area contributed by atoms with E-state index in [0.717, 1.165) is 27.8 Å². The van der Waals surface area contributed by atoms with Gasteiger partial charge in [0.15, 0.2) is 0 Å².